The van der Waals surface area contributed by atoms with Crippen LogP contribution in [-0.4, -0.2) is 30.7 Å². The molecule has 0 spiro atoms. The van der Waals surface area contributed by atoms with Crippen molar-refractivity contribution in [2.24, 2.45) is 0 Å². The molecule has 1 saturated heterocycles. The summed E-state index contributed by atoms with van der Waals surface area (Å²) in [5.74, 6) is 0.0136. The van der Waals surface area contributed by atoms with Gasteiger partial charge in [0.25, 0.3) is 0 Å². The largest absolute Gasteiger partial charge is 0.419 e. The van der Waals surface area contributed by atoms with Crippen molar-refractivity contribution in [3.05, 3.63) is 22.3 Å². The number of nitrogens with one attached hydrogen (secondary N) is 1. The Morgan fingerprint density at radius 2 is 2.17 bits per heavy atom. The maximum atomic E-state index is 13.0. The Kier molecular flexibility index (Phi) is 3.82. The monoisotopic (exact) mass is 323 g/mol. The highest BCUT2D eigenvalue weighted by atomic mass is 79.9. The first-order chi connectivity index (χ1) is 8.43. The van der Waals surface area contributed by atoms with Crippen molar-refractivity contribution in [3.8, 4) is 0 Å². The Balaban J connectivity index is 2.41. The van der Waals surface area contributed by atoms with E-state index in [0.717, 1.165) is 6.07 Å². The predicted octanol–water partition coefficient (Wildman–Crippen LogP) is 2.66. The fourth-order valence-electron chi connectivity index (χ4n) is 1.94. The Hall–Kier alpha value is -0.820. The second-order valence-electron chi connectivity index (χ2n) is 4.12. The van der Waals surface area contributed by atoms with Crippen molar-refractivity contribution < 1.29 is 13.2 Å². The fourth-order valence-corrected chi connectivity index (χ4v) is 2.28. The molecule has 1 aromatic heterocycles. The molecule has 1 aliphatic rings. The van der Waals surface area contributed by atoms with Crippen molar-refractivity contribution in [1.29, 1.82) is 0 Å². The smallest absolute Gasteiger partial charge is 0.351 e. The summed E-state index contributed by atoms with van der Waals surface area (Å²) in [6.07, 6.45) is -2.99. The fraction of sp³-hybridized carbons (Fsp3) is 0.545. The zero-order valence-electron chi connectivity index (χ0n) is 9.76. The number of anilines is 1. The van der Waals surface area contributed by atoms with Crippen LogP contribution in [0.15, 0.2) is 16.7 Å². The molecule has 0 aromatic carbocycles. The molecule has 0 bridgehead atoms. The van der Waals surface area contributed by atoms with Crippen LogP contribution in [0.4, 0.5) is 19.0 Å². The first kappa shape index (κ1) is 13.6. The number of hydrogen-bond acceptors (Lipinski definition) is 3. The van der Waals surface area contributed by atoms with Gasteiger partial charge in [-0.15, -0.1) is 0 Å². The number of rotatable bonds is 3. The number of nitrogens with zero attached hydrogens (tertiary/aromatic N) is 2. The van der Waals surface area contributed by atoms with Gasteiger partial charge in [0.2, 0.25) is 0 Å². The van der Waals surface area contributed by atoms with Gasteiger partial charge in [0.1, 0.15) is 5.82 Å². The number of alkyl halides is 3. The molecule has 0 saturated carbocycles. The Labute approximate surface area is 112 Å². The highest BCUT2D eigenvalue weighted by Gasteiger charge is 2.38. The minimum atomic E-state index is -4.39. The molecule has 2 heterocycles. The zero-order valence-corrected chi connectivity index (χ0v) is 11.3. The normalized spacial score (nSPS) is 16.5. The van der Waals surface area contributed by atoms with Crippen LogP contribution in [0.1, 0.15) is 12.5 Å². The number of aromatic nitrogens is 1. The molecular weight excluding hydrogens is 311 g/mol. The summed E-state index contributed by atoms with van der Waals surface area (Å²) in [5.41, 5.74) is -0.689. The predicted molar refractivity (Wildman–Crippen MR) is 66.6 cm³/mol. The SMILES string of the molecule is CCN(c1ncc(Br)cc1C(F)(F)F)C1CNC1. The second kappa shape index (κ2) is 5.05. The van der Waals surface area contributed by atoms with E-state index in [1.165, 1.54) is 6.20 Å². The van der Waals surface area contributed by atoms with E-state index in [2.05, 4.69) is 26.2 Å². The molecule has 2 rings (SSSR count). The first-order valence-corrected chi connectivity index (χ1v) is 6.43. The number of hydrogen-bond donors (Lipinski definition) is 1. The molecule has 100 valence electrons. The van der Waals surface area contributed by atoms with Crippen LogP contribution in [0.3, 0.4) is 0 Å². The molecule has 1 aromatic rings. The lowest BCUT2D eigenvalue weighted by Gasteiger charge is -2.39. The molecule has 1 fully saturated rings. The first-order valence-electron chi connectivity index (χ1n) is 5.63. The summed E-state index contributed by atoms with van der Waals surface area (Å²) in [6.45, 7) is 3.73. The van der Waals surface area contributed by atoms with Gasteiger partial charge in [-0.25, -0.2) is 4.98 Å². The zero-order chi connectivity index (χ0) is 13.3. The molecule has 0 aliphatic carbocycles. The Morgan fingerprint density at radius 1 is 1.50 bits per heavy atom. The van der Waals surface area contributed by atoms with Gasteiger partial charge in [0.05, 0.1) is 11.6 Å². The molecule has 0 unspecified atom stereocenters. The molecule has 3 nitrogen and oxygen atoms in total. The molecular formula is C11H13BrF3N3. The summed E-state index contributed by atoms with van der Waals surface area (Å²) in [6, 6.07) is 1.17. The van der Waals surface area contributed by atoms with Gasteiger partial charge in [-0.05, 0) is 28.9 Å². The molecule has 0 radical (unpaired) electrons. The molecule has 18 heavy (non-hydrogen) atoms. The summed E-state index contributed by atoms with van der Waals surface area (Å²) in [5, 5.41) is 3.06. The summed E-state index contributed by atoms with van der Waals surface area (Å²) in [7, 11) is 0. The number of halogens is 4. The maximum Gasteiger partial charge on any atom is 0.419 e. The summed E-state index contributed by atoms with van der Waals surface area (Å²) in [4.78, 5) is 5.65. The second-order valence-corrected chi connectivity index (χ2v) is 5.04. The molecule has 7 heteroatoms. The van der Waals surface area contributed by atoms with E-state index in [9.17, 15) is 13.2 Å². The van der Waals surface area contributed by atoms with E-state index >= 15 is 0 Å². The highest BCUT2D eigenvalue weighted by Crippen LogP contribution is 2.37. The Bertz CT molecular complexity index is 432. The third kappa shape index (κ3) is 2.61. The van der Waals surface area contributed by atoms with Crippen molar-refractivity contribution in [3.63, 3.8) is 0 Å². The van der Waals surface area contributed by atoms with Gasteiger partial charge in [0.15, 0.2) is 0 Å². The van der Waals surface area contributed by atoms with Crippen LogP contribution in [0.5, 0.6) is 0 Å². The highest BCUT2D eigenvalue weighted by molar-refractivity contribution is 9.10. The van der Waals surface area contributed by atoms with E-state index in [1.54, 1.807) is 4.90 Å². The lowest BCUT2D eigenvalue weighted by molar-refractivity contribution is -0.137. The van der Waals surface area contributed by atoms with Crippen molar-refractivity contribution >= 4 is 21.7 Å². The quantitative estimate of drug-likeness (QED) is 0.927. The number of likely N-dealkylation sites (N-methyl/N-ethyl adjacent to an activating group) is 1. The Morgan fingerprint density at radius 3 is 2.61 bits per heavy atom. The molecule has 0 atom stereocenters. The topological polar surface area (TPSA) is 28.2 Å². The van der Waals surface area contributed by atoms with Gasteiger partial charge < -0.3 is 10.2 Å². The summed E-state index contributed by atoms with van der Waals surface area (Å²) < 4.78 is 39.4. The van der Waals surface area contributed by atoms with Crippen LogP contribution < -0.4 is 10.2 Å². The third-order valence-corrected chi connectivity index (χ3v) is 3.39. The van der Waals surface area contributed by atoms with Crippen LogP contribution in [-0.2, 0) is 6.18 Å². The van der Waals surface area contributed by atoms with E-state index in [4.69, 9.17) is 0 Å². The van der Waals surface area contributed by atoms with Gasteiger partial charge in [-0.3, -0.25) is 0 Å². The van der Waals surface area contributed by atoms with Gasteiger partial charge in [0, 0.05) is 30.3 Å². The third-order valence-electron chi connectivity index (χ3n) is 2.95. The maximum absolute atomic E-state index is 13.0. The van der Waals surface area contributed by atoms with Gasteiger partial charge >= 0.3 is 6.18 Å². The van der Waals surface area contributed by atoms with Crippen LogP contribution in [0.2, 0.25) is 0 Å². The van der Waals surface area contributed by atoms with Gasteiger partial charge in [-0.1, -0.05) is 0 Å². The van der Waals surface area contributed by atoms with Gasteiger partial charge in [-0.2, -0.15) is 13.2 Å². The van der Waals surface area contributed by atoms with Crippen LogP contribution >= 0.6 is 15.9 Å². The standard InChI is InChI=1S/C11H13BrF3N3/c1-2-18(8-5-16-6-8)10-9(11(13,14)15)3-7(12)4-17-10/h3-4,8,16H,2,5-6H2,1H3. The van der Waals surface area contributed by atoms with Crippen molar-refractivity contribution in [2.75, 3.05) is 24.5 Å². The molecule has 0 amide bonds. The lowest BCUT2D eigenvalue weighted by atomic mass is 10.1. The van der Waals surface area contributed by atoms with E-state index in [0.29, 0.717) is 24.1 Å². The van der Waals surface area contributed by atoms with Crippen molar-refractivity contribution in [1.82, 2.24) is 10.3 Å². The lowest BCUT2D eigenvalue weighted by Crippen LogP contribution is -2.57. The average Bonchev–Trinajstić information content (AvgIpc) is 2.22. The minimum absolute atomic E-state index is 0.0136. The van der Waals surface area contributed by atoms with Crippen LogP contribution in [0.25, 0.3) is 0 Å². The van der Waals surface area contributed by atoms with Crippen LogP contribution in [0, 0.1) is 0 Å². The van der Waals surface area contributed by atoms with E-state index < -0.39 is 11.7 Å². The van der Waals surface area contributed by atoms with Crippen molar-refractivity contribution in [2.45, 2.75) is 19.1 Å². The molecule has 1 N–H and O–H groups in total. The number of pyridine rings is 1. The van der Waals surface area contributed by atoms with E-state index in [-0.39, 0.29) is 11.9 Å². The van der Waals surface area contributed by atoms with E-state index in [1.807, 2.05) is 6.92 Å². The molecule has 1 aliphatic heterocycles. The minimum Gasteiger partial charge on any atom is -0.351 e. The summed E-state index contributed by atoms with van der Waals surface area (Å²) >= 11 is 3.03. The average molecular weight is 324 g/mol.